The van der Waals surface area contributed by atoms with Crippen LogP contribution in [0.1, 0.15) is 93.1 Å². The van der Waals surface area contributed by atoms with Gasteiger partial charge in [0.1, 0.15) is 11.2 Å². The number of hydrogen-bond donors (Lipinski definition) is 0. The normalized spacial score (nSPS) is 14.1. The molecule has 1 aliphatic rings. The first-order valence-corrected chi connectivity index (χ1v) is 15.5. The van der Waals surface area contributed by atoms with Crippen molar-refractivity contribution in [3.8, 4) is 22.8 Å². The highest BCUT2D eigenvalue weighted by molar-refractivity contribution is 7.10. The number of carbonyl (C=O) groups is 2. The fourth-order valence-electron chi connectivity index (χ4n) is 5.17. The first-order valence-electron chi connectivity index (χ1n) is 14.6. The molecule has 4 rings (SSSR count). The third kappa shape index (κ3) is 7.82. The quantitative estimate of drug-likeness (QED) is 0.156. The summed E-state index contributed by atoms with van der Waals surface area (Å²) in [6, 6.07) is 9.45. The lowest BCUT2D eigenvalue weighted by molar-refractivity contribution is -0.154. The van der Waals surface area contributed by atoms with Crippen molar-refractivity contribution in [2.45, 2.75) is 84.3 Å². The van der Waals surface area contributed by atoms with Crippen molar-refractivity contribution in [3.63, 3.8) is 0 Å². The SMILES string of the molecule is CCOC(=O)c1cn2c(cc1=O)-c1cc(OC)c(OCCCCCCCC(=O)OC(C)(C)C)cc1CC2c1cccs1. The van der Waals surface area contributed by atoms with Gasteiger partial charge in [-0.15, -0.1) is 11.3 Å². The van der Waals surface area contributed by atoms with Crippen LogP contribution >= 0.6 is 11.3 Å². The van der Waals surface area contributed by atoms with E-state index < -0.39 is 11.6 Å². The standard InChI is InChI=1S/C33H41NO7S/c1-6-39-32(37)24-21-34-25(20-27(24)35)23-19-28(38-5)29(18-22(23)17-26(34)30-13-12-16-42-30)40-15-11-9-7-8-10-14-31(36)41-33(2,3)4/h12-13,16,18-21,26H,6-11,14-15,17H2,1-5H3. The third-order valence-electron chi connectivity index (χ3n) is 7.06. The molecule has 0 saturated carbocycles. The minimum absolute atomic E-state index is 0.0300. The molecule has 0 amide bonds. The van der Waals surface area contributed by atoms with E-state index >= 15 is 0 Å². The van der Waals surface area contributed by atoms with Crippen molar-refractivity contribution in [3.05, 3.63) is 68.1 Å². The molecule has 9 heteroatoms. The van der Waals surface area contributed by atoms with Crippen LogP contribution in [0.3, 0.4) is 0 Å². The van der Waals surface area contributed by atoms with E-state index in [4.69, 9.17) is 18.9 Å². The second kappa shape index (κ2) is 14.1. The molecule has 0 fully saturated rings. The molecule has 3 heterocycles. The third-order valence-corrected chi connectivity index (χ3v) is 8.04. The molecule has 2 aromatic heterocycles. The van der Waals surface area contributed by atoms with Gasteiger partial charge in [0.2, 0.25) is 0 Å². The molecule has 226 valence electrons. The van der Waals surface area contributed by atoms with E-state index in [1.54, 1.807) is 31.6 Å². The van der Waals surface area contributed by atoms with E-state index in [1.165, 1.54) is 6.07 Å². The highest BCUT2D eigenvalue weighted by atomic mass is 32.1. The Bertz CT molecular complexity index is 1440. The summed E-state index contributed by atoms with van der Waals surface area (Å²) in [6.45, 7) is 8.12. The van der Waals surface area contributed by atoms with Crippen LogP contribution in [0.25, 0.3) is 11.3 Å². The number of carbonyl (C=O) groups excluding carboxylic acids is 2. The van der Waals surface area contributed by atoms with Gasteiger partial charge in [-0.05, 0) is 76.1 Å². The van der Waals surface area contributed by atoms with Crippen molar-refractivity contribution in [1.29, 1.82) is 0 Å². The maximum Gasteiger partial charge on any atom is 0.343 e. The van der Waals surface area contributed by atoms with Gasteiger partial charge in [-0.1, -0.05) is 25.3 Å². The molecular weight excluding hydrogens is 554 g/mol. The number of thiophene rings is 1. The number of rotatable bonds is 13. The minimum Gasteiger partial charge on any atom is -0.493 e. The molecule has 1 atom stereocenters. The average Bonchev–Trinajstić information content (AvgIpc) is 3.47. The van der Waals surface area contributed by atoms with Crippen molar-refractivity contribution in [1.82, 2.24) is 4.57 Å². The molecule has 1 unspecified atom stereocenters. The summed E-state index contributed by atoms with van der Waals surface area (Å²) in [6.07, 6.45) is 7.47. The van der Waals surface area contributed by atoms with Crippen LogP contribution in [-0.4, -0.2) is 42.4 Å². The van der Waals surface area contributed by atoms with E-state index in [2.05, 4.69) is 6.07 Å². The number of ether oxygens (including phenoxy) is 4. The Hall–Kier alpha value is -3.59. The van der Waals surface area contributed by atoms with Gasteiger partial charge in [0.05, 0.1) is 32.1 Å². The topological polar surface area (TPSA) is 93.1 Å². The predicted molar refractivity (Wildman–Crippen MR) is 164 cm³/mol. The van der Waals surface area contributed by atoms with Gasteiger partial charge >= 0.3 is 11.9 Å². The molecular formula is C33H41NO7S. The van der Waals surface area contributed by atoms with Crippen LogP contribution in [0.5, 0.6) is 11.5 Å². The summed E-state index contributed by atoms with van der Waals surface area (Å²) in [4.78, 5) is 38.5. The van der Waals surface area contributed by atoms with E-state index in [1.807, 2.05) is 48.9 Å². The summed E-state index contributed by atoms with van der Waals surface area (Å²) in [5.74, 6) is 0.510. The molecule has 0 saturated heterocycles. The predicted octanol–water partition coefficient (Wildman–Crippen LogP) is 6.97. The number of methoxy groups -OCH3 is 1. The number of benzene rings is 1. The Labute approximate surface area is 251 Å². The number of esters is 2. The van der Waals surface area contributed by atoms with Crippen molar-refractivity contribution >= 4 is 23.3 Å². The van der Waals surface area contributed by atoms with E-state index in [9.17, 15) is 14.4 Å². The molecule has 0 bridgehead atoms. The zero-order chi connectivity index (χ0) is 30.3. The van der Waals surface area contributed by atoms with Gasteiger partial charge < -0.3 is 23.5 Å². The first-order chi connectivity index (χ1) is 20.1. The lowest BCUT2D eigenvalue weighted by Gasteiger charge is -2.31. The number of hydrogen-bond acceptors (Lipinski definition) is 8. The van der Waals surface area contributed by atoms with Gasteiger partial charge in [0.15, 0.2) is 16.9 Å². The van der Waals surface area contributed by atoms with Crippen molar-refractivity contribution in [2.24, 2.45) is 0 Å². The van der Waals surface area contributed by atoms with Gasteiger partial charge in [-0.2, -0.15) is 0 Å². The fraction of sp³-hybridized carbons (Fsp3) is 0.485. The highest BCUT2D eigenvalue weighted by Crippen LogP contribution is 2.43. The maximum absolute atomic E-state index is 13.0. The average molecular weight is 596 g/mol. The first kappa shape index (κ1) is 31.3. The summed E-state index contributed by atoms with van der Waals surface area (Å²) in [5, 5.41) is 2.03. The Morgan fingerprint density at radius 2 is 1.81 bits per heavy atom. The van der Waals surface area contributed by atoms with Crippen LogP contribution in [0, 0.1) is 0 Å². The Balaban J connectivity index is 1.45. The number of unbranched alkanes of at least 4 members (excludes halogenated alkanes) is 4. The van der Waals surface area contributed by atoms with Crippen molar-refractivity contribution < 1.29 is 28.5 Å². The van der Waals surface area contributed by atoms with Crippen LogP contribution in [0.4, 0.5) is 0 Å². The summed E-state index contributed by atoms with van der Waals surface area (Å²) >= 11 is 1.64. The minimum atomic E-state index is -0.613. The second-order valence-corrected chi connectivity index (χ2v) is 12.4. The van der Waals surface area contributed by atoms with E-state index in [-0.39, 0.29) is 29.6 Å². The summed E-state index contributed by atoms with van der Waals surface area (Å²) < 4.78 is 24.4. The van der Waals surface area contributed by atoms with Crippen LogP contribution in [0.15, 0.2) is 46.7 Å². The molecule has 1 aromatic carbocycles. The van der Waals surface area contributed by atoms with Crippen molar-refractivity contribution in [2.75, 3.05) is 20.3 Å². The Morgan fingerprint density at radius 3 is 2.50 bits per heavy atom. The Kier molecular flexibility index (Phi) is 10.5. The fourth-order valence-corrected chi connectivity index (χ4v) is 5.99. The molecule has 8 nitrogen and oxygen atoms in total. The van der Waals surface area contributed by atoms with E-state index in [0.717, 1.165) is 53.8 Å². The molecule has 0 radical (unpaired) electrons. The highest BCUT2D eigenvalue weighted by Gasteiger charge is 2.29. The molecule has 3 aromatic rings. The lowest BCUT2D eigenvalue weighted by Crippen LogP contribution is -2.26. The van der Waals surface area contributed by atoms with Gasteiger partial charge in [-0.25, -0.2) is 4.79 Å². The van der Waals surface area contributed by atoms with Gasteiger partial charge in [0.25, 0.3) is 0 Å². The molecule has 0 aliphatic carbocycles. The van der Waals surface area contributed by atoms with Crippen LogP contribution in [0.2, 0.25) is 0 Å². The summed E-state index contributed by atoms with van der Waals surface area (Å²) in [7, 11) is 1.60. The van der Waals surface area contributed by atoms with Crippen LogP contribution in [-0.2, 0) is 20.7 Å². The maximum atomic E-state index is 13.0. The number of pyridine rings is 1. The molecule has 0 N–H and O–H groups in total. The number of fused-ring (bicyclic) bond motifs is 3. The Morgan fingerprint density at radius 1 is 1.05 bits per heavy atom. The second-order valence-electron chi connectivity index (χ2n) is 11.4. The van der Waals surface area contributed by atoms with E-state index in [0.29, 0.717) is 30.9 Å². The summed E-state index contributed by atoms with van der Waals surface area (Å²) in [5.41, 5.74) is 1.87. The monoisotopic (exact) mass is 595 g/mol. The van der Waals surface area contributed by atoms with Gasteiger partial charge in [-0.3, -0.25) is 9.59 Å². The number of nitrogens with zero attached hydrogens (tertiary/aromatic N) is 1. The molecule has 42 heavy (non-hydrogen) atoms. The lowest BCUT2D eigenvalue weighted by atomic mass is 9.91. The number of aromatic nitrogens is 1. The zero-order valence-electron chi connectivity index (χ0n) is 25.2. The molecule has 1 aliphatic heterocycles. The van der Waals surface area contributed by atoms with Gasteiger partial charge in [0, 0.05) is 29.1 Å². The zero-order valence-corrected chi connectivity index (χ0v) is 26.0. The smallest absolute Gasteiger partial charge is 0.343 e. The van der Waals surface area contributed by atoms with Crippen LogP contribution < -0.4 is 14.9 Å². The molecule has 0 spiro atoms. The largest absolute Gasteiger partial charge is 0.493 e.